The molecule has 5 heteroatoms. The van der Waals surface area contributed by atoms with Crippen LogP contribution in [0.5, 0.6) is 0 Å². The van der Waals surface area contributed by atoms with E-state index >= 15 is 0 Å². The van der Waals surface area contributed by atoms with Crippen LogP contribution in [0.25, 0.3) is 0 Å². The fourth-order valence-corrected chi connectivity index (χ4v) is 2.63. The maximum absolute atomic E-state index is 13.0. The Kier molecular flexibility index (Phi) is 4.37. The average Bonchev–Trinajstić information content (AvgIpc) is 2.86. The van der Waals surface area contributed by atoms with Gasteiger partial charge in [0.15, 0.2) is 0 Å². The van der Waals surface area contributed by atoms with Gasteiger partial charge in [-0.15, -0.1) is 0 Å². The molecule has 0 saturated heterocycles. The Morgan fingerprint density at radius 3 is 2.84 bits per heavy atom. The Hall–Kier alpha value is -1.62. The van der Waals surface area contributed by atoms with Crippen molar-refractivity contribution in [3.05, 3.63) is 29.6 Å². The van der Waals surface area contributed by atoms with Crippen LogP contribution in [0.3, 0.4) is 0 Å². The minimum absolute atomic E-state index is 0.0262. The molecule has 0 heterocycles. The third kappa shape index (κ3) is 3.23. The van der Waals surface area contributed by atoms with E-state index in [0.29, 0.717) is 18.0 Å². The van der Waals surface area contributed by atoms with Gasteiger partial charge in [-0.05, 0) is 42.9 Å². The van der Waals surface area contributed by atoms with Crippen molar-refractivity contribution in [2.45, 2.75) is 19.3 Å². The van der Waals surface area contributed by atoms with Crippen LogP contribution < -0.4 is 11.1 Å². The predicted molar refractivity (Wildman–Crippen MR) is 71.1 cm³/mol. The normalized spacial score (nSPS) is 22.4. The molecule has 0 aliphatic heterocycles. The fraction of sp³-hybridized carbons (Fsp3) is 0.500. The first-order valence-corrected chi connectivity index (χ1v) is 6.56. The summed E-state index contributed by atoms with van der Waals surface area (Å²) in [4.78, 5) is 11.9. The van der Waals surface area contributed by atoms with Crippen LogP contribution >= 0.6 is 0 Å². The van der Waals surface area contributed by atoms with Crippen molar-refractivity contribution >= 4 is 11.6 Å². The van der Waals surface area contributed by atoms with E-state index in [1.165, 1.54) is 18.2 Å². The second-order valence-electron chi connectivity index (χ2n) is 5.08. The van der Waals surface area contributed by atoms with Crippen LogP contribution in [0.4, 0.5) is 10.1 Å². The zero-order valence-corrected chi connectivity index (χ0v) is 10.7. The maximum Gasteiger partial charge on any atom is 0.251 e. The lowest BCUT2D eigenvalue weighted by molar-refractivity contribution is 0.0938. The van der Waals surface area contributed by atoms with Gasteiger partial charge in [0, 0.05) is 18.7 Å². The number of nitrogen functional groups attached to an aromatic ring is 1. The van der Waals surface area contributed by atoms with Crippen LogP contribution in [0.15, 0.2) is 18.2 Å². The molecular formula is C14H19FN2O2. The van der Waals surface area contributed by atoms with E-state index in [4.69, 9.17) is 5.73 Å². The highest BCUT2D eigenvalue weighted by molar-refractivity contribution is 5.95. The van der Waals surface area contributed by atoms with E-state index in [9.17, 15) is 14.3 Å². The summed E-state index contributed by atoms with van der Waals surface area (Å²) in [6.07, 6.45) is 3.13. The number of nitrogens with one attached hydrogen (secondary N) is 1. The number of aliphatic hydroxyl groups excluding tert-OH is 1. The molecule has 0 aromatic heterocycles. The molecule has 2 unspecified atom stereocenters. The van der Waals surface area contributed by atoms with Gasteiger partial charge in [0.25, 0.3) is 5.91 Å². The Morgan fingerprint density at radius 2 is 2.16 bits per heavy atom. The summed E-state index contributed by atoms with van der Waals surface area (Å²) in [6, 6.07) is 3.94. The van der Waals surface area contributed by atoms with Crippen molar-refractivity contribution in [3.8, 4) is 0 Å². The van der Waals surface area contributed by atoms with Crippen molar-refractivity contribution in [1.82, 2.24) is 5.32 Å². The van der Waals surface area contributed by atoms with Gasteiger partial charge in [0.2, 0.25) is 0 Å². The number of nitrogens with two attached hydrogens (primary N) is 1. The van der Waals surface area contributed by atoms with Gasteiger partial charge in [-0.25, -0.2) is 4.39 Å². The van der Waals surface area contributed by atoms with E-state index < -0.39 is 5.82 Å². The van der Waals surface area contributed by atoms with Crippen molar-refractivity contribution in [3.63, 3.8) is 0 Å². The van der Waals surface area contributed by atoms with E-state index in [1.807, 2.05) is 0 Å². The molecule has 1 fully saturated rings. The topological polar surface area (TPSA) is 75.4 Å². The number of anilines is 1. The lowest BCUT2D eigenvalue weighted by Crippen LogP contribution is -2.31. The Bertz CT molecular complexity index is 465. The lowest BCUT2D eigenvalue weighted by atomic mass is 9.97. The van der Waals surface area contributed by atoms with Gasteiger partial charge in [-0.1, -0.05) is 6.42 Å². The largest absolute Gasteiger partial charge is 0.396 e. The zero-order chi connectivity index (χ0) is 13.8. The molecule has 104 valence electrons. The molecule has 0 bridgehead atoms. The Labute approximate surface area is 111 Å². The maximum atomic E-state index is 13.0. The summed E-state index contributed by atoms with van der Waals surface area (Å²) in [5.74, 6) is -0.173. The summed E-state index contributed by atoms with van der Waals surface area (Å²) in [5, 5.41) is 12.0. The van der Waals surface area contributed by atoms with Crippen LogP contribution in [0.1, 0.15) is 29.6 Å². The predicted octanol–water partition coefficient (Wildman–Crippen LogP) is 1.55. The molecule has 0 radical (unpaired) electrons. The number of carbonyl (C=O) groups excluding carboxylic acids is 1. The van der Waals surface area contributed by atoms with Gasteiger partial charge < -0.3 is 16.2 Å². The minimum Gasteiger partial charge on any atom is -0.396 e. The Morgan fingerprint density at radius 1 is 1.42 bits per heavy atom. The summed E-state index contributed by atoms with van der Waals surface area (Å²) in [7, 11) is 0. The van der Waals surface area contributed by atoms with E-state index in [2.05, 4.69) is 5.32 Å². The number of hydrogen-bond donors (Lipinski definition) is 3. The summed E-state index contributed by atoms with van der Waals surface area (Å²) in [5.41, 5.74) is 5.76. The molecule has 1 aliphatic rings. The first kappa shape index (κ1) is 13.8. The molecule has 2 rings (SSSR count). The van der Waals surface area contributed by atoms with Crippen LogP contribution in [-0.2, 0) is 0 Å². The first-order valence-electron chi connectivity index (χ1n) is 6.56. The number of amides is 1. The lowest BCUT2D eigenvalue weighted by Gasteiger charge is -2.17. The van der Waals surface area contributed by atoms with Gasteiger partial charge in [-0.2, -0.15) is 0 Å². The third-order valence-corrected chi connectivity index (χ3v) is 3.83. The summed E-state index contributed by atoms with van der Waals surface area (Å²) >= 11 is 0. The number of rotatable bonds is 4. The second kappa shape index (κ2) is 6.02. The van der Waals surface area contributed by atoms with E-state index in [-0.39, 0.29) is 24.1 Å². The fourth-order valence-electron chi connectivity index (χ4n) is 2.63. The third-order valence-electron chi connectivity index (χ3n) is 3.83. The highest BCUT2D eigenvalue weighted by Gasteiger charge is 2.26. The van der Waals surface area contributed by atoms with Gasteiger partial charge in [0.05, 0.1) is 5.69 Å². The van der Waals surface area contributed by atoms with Crippen molar-refractivity contribution in [2.24, 2.45) is 11.8 Å². The molecular weight excluding hydrogens is 247 g/mol. The molecule has 2 atom stereocenters. The number of halogens is 1. The molecule has 4 N–H and O–H groups in total. The van der Waals surface area contributed by atoms with Crippen molar-refractivity contribution in [2.75, 3.05) is 18.9 Å². The SMILES string of the molecule is Nc1cc(C(=O)NCC2CCCC2CO)ccc1F. The quantitative estimate of drug-likeness (QED) is 0.724. The van der Waals surface area contributed by atoms with Crippen LogP contribution in [0.2, 0.25) is 0 Å². The molecule has 1 aromatic rings. The molecule has 4 nitrogen and oxygen atoms in total. The highest BCUT2D eigenvalue weighted by Crippen LogP contribution is 2.30. The summed E-state index contributed by atoms with van der Waals surface area (Å²) in [6.45, 7) is 0.714. The van der Waals surface area contributed by atoms with Crippen LogP contribution in [0, 0.1) is 17.7 Å². The van der Waals surface area contributed by atoms with Crippen molar-refractivity contribution in [1.29, 1.82) is 0 Å². The van der Waals surface area contributed by atoms with Gasteiger partial charge >= 0.3 is 0 Å². The van der Waals surface area contributed by atoms with E-state index in [0.717, 1.165) is 19.3 Å². The average molecular weight is 266 g/mol. The van der Waals surface area contributed by atoms with Gasteiger partial charge in [-0.3, -0.25) is 4.79 Å². The first-order chi connectivity index (χ1) is 9.11. The van der Waals surface area contributed by atoms with E-state index in [1.54, 1.807) is 0 Å². The summed E-state index contributed by atoms with van der Waals surface area (Å²) < 4.78 is 13.0. The molecule has 19 heavy (non-hydrogen) atoms. The molecule has 1 aromatic carbocycles. The number of benzene rings is 1. The zero-order valence-electron chi connectivity index (χ0n) is 10.7. The number of aliphatic hydroxyl groups is 1. The Balaban J connectivity index is 1.92. The monoisotopic (exact) mass is 266 g/mol. The minimum atomic E-state index is -0.521. The second-order valence-corrected chi connectivity index (χ2v) is 5.08. The van der Waals surface area contributed by atoms with Crippen molar-refractivity contribution < 1.29 is 14.3 Å². The molecule has 1 aliphatic carbocycles. The number of carbonyl (C=O) groups is 1. The van der Waals surface area contributed by atoms with Gasteiger partial charge in [0.1, 0.15) is 5.82 Å². The molecule has 1 amide bonds. The number of hydrogen-bond acceptors (Lipinski definition) is 3. The molecule has 1 saturated carbocycles. The molecule has 0 spiro atoms. The highest BCUT2D eigenvalue weighted by atomic mass is 19.1. The van der Waals surface area contributed by atoms with Crippen LogP contribution in [-0.4, -0.2) is 24.2 Å². The standard InChI is InChI=1S/C14H19FN2O2/c15-12-5-4-9(6-13(12)16)14(19)17-7-10-2-1-3-11(10)8-18/h4-6,10-11,18H,1-3,7-8,16H2,(H,17,19). The smallest absolute Gasteiger partial charge is 0.251 e.